The number of amides is 4. The first kappa shape index (κ1) is 38.6. The second-order valence-corrected chi connectivity index (χ2v) is 17.8. The highest BCUT2D eigenvalue weighted by atomic mass is 16.5. The van der Waals surface area contributed by atoms with Crippen molar-refractivity contribution < 1.29 is 23.9 Å². The number of nitriles is 1. The zero-order chi connectivity index (χ0) is 41.2. The number of carbonyl (C=O) groups excluding carboxylic acids is 4. The van der Waals surface area contributed by atoms with Gasteiger partial charge < -0.3 is 14.5 Å². The third-order valence-electron chi connectivity index (χ3n) is 13.5. The Hall–Kier alpha value is -5.94. The Morgan fingerprint density at radius 1 is 0.763 bits per heavy atom. The van der Waals surface area contributed by atoms with Crippen molar-refractivity contribution in [2.24, 2.45) is 16.7 Å². The summed E-state index contributed by atoms with van der Waals surface area (Å²) >= 11 is 0. The second kappa shape index (κ2) is 14.7. The smallest absolute Gasteiger partial charge is 0.262 e. The average Bonchev–Trinajstić information content (AvgIpc) is 3.49. The van der Waals surface area contributed by atoms with Gasteiger partial charge >= 0.3 is 0 Å². The van der Waals surface area contributed by atoms with Crippen molar-refractivity contribution in [1.29, 1.82) is 5.26 Å². The van der Waals surface area contributed by atoms with Crippen molar-refractivity contribution in [3.63, 3.8) is 0 Å². The van der Waals surface area contributed by atoms with Crippen molar-refractivity contribution >= 4 is 46.2 Å². The number of benzene rings is 2. The molecule has 2 aromatic carbocycles. The second-order valence-electron chi connectivity index (χ2n) is 17.8. The van der Waals surface area contributed by atoms with Gasteiger partial charge in [-0.05, 0) is 73.7 Å². The first-order valence-corrected chi connectivity index (χ1v) is 20.7. The van der Waals surface area contributed by atoms with Gasteiger partial charge in [0.1, 0.15) is 24.0 Å². The number of piperidine rings is 2. The minimum Gasteiger partial charge on any atom is -0.488 e. The van der Waals surface area contributed by atoms with Crippen LogP contribution in [0.2, 0.25) is 0 Å². The van der Waals surface area contributed by atoms with Crippen molar-refractivity contribution in [3.05, 3.63) is 83.8 Å². The molecule has 4 fully saturated rings. The van der Waals surface area contributed by atoms with E-state index in [2.05, 4.69) is 35.7 Å². The van der Waals surface area contributed by atoms with Crippen molar-refractivity contribution in [2.45, 2.75) is 71.6 Å². The molecule has 3 saturated heterocycles. The van der Waals surface area contributed by atoms with Gasteiger partial charge in [0, 0.05) is 92.7 Å². The van der Waals surface area contributed by atoms with Crippen molar-refractivity contribution in [2.75, 3.05) is 55.6 Å². The van der Waals surface area contributed by atoms with Gasteiger partial charge in [0.25, 0.3) is 17.7 Å². The molecular formula is C45H49N9O5. The molecule has 1 aliphatic carbocycles. The number of likely N-dealkylation sites (tertiary alicyclic amines) is 1. The molecule has 4 amide bonds. The first-order chi connectivity index (χ1) is 28.4. The first-order valence-electron chi connectivity index (χ1n) is 20.7. The van der Waals surface area contributed by atoms with Gasteiger partial charge in [-0.15, -0.1) is 0 Å². The molecule has 1 saturated carbocycles. The molecule has 0 bridgehead atoms. The van der Waals surface area contributed by atoms with Crippen LogP contribution in [0.1, 0.15) is 79.7 Å². The zero-order valence-electron chi connectivity index (χ0n) is 34.0. The van der Waals surface area contributed by atoms with Crippen LogP contribution in [0.4, 0.5) is 11.6 Å². The Morgan fingerprint density at radius 2 is 1.46 bits per heavy atom. The Morgan fingerprint density at radius 3 is 2.17 bits per heavy atom. The van der Waals surface area contributed by atoms with Gasteiger partial charge in [0.05, 0.1) is 28.2 Å². The molecule has 2 aromatic heterocycles. The van der Waals surface area contributed by atoms with Crippen molar-refractivity contribution in [1.82, 2.24) is 29.7 Å². The monoisotopic (exact) mass is 795 g/mol. The average molecular weight is 796 g/mol. The molecule has 304 valence electrons. The minimum absolute atomic E-state index is 0.0278. The number of nitrogens with zero attached hydrogens (tertiary/aromatic N) is 9. The fourth-order valence-electron chi connectivity index (χ4n) is 10.9. The summed E-state index contributed by atoms with van der Waals surface area (Å²) in [5, 5.41) is 10.3. The quantitative estimate of drug-likeness (QED) is 0.222. The number of rotatable bonds is 8. The van der Waals surface area contributed by atoms with Gasteiger partial charge in [0.2, 0.25) is 11.9 Å². The van der Waals surface area contributed by atoms with Crippen molar-refractivity contribution in [3.8, 4) is 11.8 Å². The summed E-state index contributed by atoms with van der Waals surface area (Å²) < 4.78 is 6.68. The van der Waals surface area contributed by atoms with E-state index in [1.54, 1.807) is 48.9 Å². The molecular weight excluding hydrogens is 747 g/mol. The molecule has 1 unspecified atom stereocenters. The van der Waals surface area contributed by atoms with E-state index in [1.807, 2.05) is 45.9 Å². The molecule has 5 aliphatic rings. The molecule has 4 aromatic rings. The summed E-state index contributed by atoms with van der Waals surface area (Å²) in [5.41, 5.74) is 1.03. The number of anilines is 2. The summed E-state index contributed by atoms with van der Waals surface area (Å²) in [6, 6.07) is 14.9. The number of imide groups is 2. The van der Waals surface area contributed by atoms with Gasteiger partial charge in [-0.25, -0.2) is 9.97 Å². The summed E-state index contributed by atoms with van der Waals surface area (Å²) in [6.07, 6.45) is 7.09. The lowest BCUT2D eigenvalue weighted by atomic mass is 9.48. The summed E-state index contributed by atoms with van der Waals surface area (Å²) in [4.78, 5) is 79.0. The number of ether oxygens (including phenoxy) is 1. The van der Waals surface area contributed by atoms with Gasteiger partial charge in [0.15, 0.2) is 0 Å². The molecule has 6 heterocycles. The van der Waals surface area contributed by atoms with E-state index < -0.39 is 46.7 Å². The van der Waals surface area contributed by atoms with Crippen LogP contribution < -0.4 is 14.5 Å². The lowest BCUT2D eigenvalue weighted by Gasteiger charge is -2.66. The van der Waals surface area contributed by atoms with E-state index in [1.165, 1.54) is 4.90 Å². The number of hydrogen-bond acceptors (Lipinski definition) is 12. The molecule has 9 rings (SSSR count). The molecule has 4 aliphatic heterocycles. The maximum Gasteiger partial charge on any atom is 0.262 e. The fraction of sp³-hybridized carbons (Fsp3) is 0.467. The Bertz CT molecular complexity index is 2360. The Labute approximate surface area is 343 Å². The van der Waals surface area contributed by atoms with Crippen LogP contribution in [-0.4, -0.2) is 117 Å². The highest BCUT2D eigenvalue weighted by Crippen LogP contribution is 2.59. The third kappa shape index (κ3) is 6.46. The summed E-state index contributed by atoms with van der Waals surface area (Å²) in [6.45, 7) is 14.2. The van der Waals surface area contributed by atoms with Crippen LogP contribution in [0, 0.1) is 28.1 Å². The van der Waals surface area contributed by atoms with E-state index in [4.69, 9.17) is 4.74 Å². The molecule has 14 nitrogen and oxygen atoms in total. The van der Waals surface area contributed by atoms with Gasteiger partial charge in [-0.3, -0.25) is 38.9 Å². The number of fused-ring (bicyclic) bond motifs is 2. The molecule has 14 heteroatoms. The zero-order valence-corrected chi connectivity index (χ0v) is 34.0. The maximum atomic E-state index is 14.5. The predicted molar refractivity (Wildman–Crippen MR) is 220 cm³/mol. The lowest BCUT2D eigenvalue weighted by Crippen LogP contribution is -2.77. The lowest BCUT2D eigenvalue weighted by molar-refractivity contribution is -0.215. The maximum absolute atomic E-state index is 14.5. The van der Waals surface area contributed by atoms with Crippen LogP contribution >= 0.6 is 0 Å². The predicted octanol–water partition coefficient (Wildman–Crippen LogP) is 4.93. The number of piperazine rings is 1. The highest BCUT2D eigenvalue weighted by Gasteiger charge is 2.68. The molecule has 0 spiro atoms. The number of carbonyl (C=O) groups is 4. The van der Waals surface area contributed by atoms with Crippen LogP contribution in [0.5, 0.6) is 5.75 Å². The van der Waals surface area contributed by atoms with E-state index >= 15 is 0 Å². The van der Waals surface area contributed by atoms with E-state index in [-0.39, 0.29) is 24.3 Å². The van der Waals surface area contributed by atoms with Crippen LogP contribution in [0.3, 0.4) is 0 Å². The number of pyridine rings is 1. The molecule has 0 radical (unpaired) electrons. The third-order valence-corrected chi connectivity index (χ3v) is 13.5. The fourth-order valence-corrected chi connectivity index (χ4v) is 10.9. The SMILES string of the molecule is CC1(C)C(Oc2ccc(C#N)c3ncccc23)C(C)(C)C1N1C(=O)CCC(N2C(=O)c3ccc(N4CCN(CC5CCN(c6ncccn6)CC5)CC4)cc3C2=O)C1=O. The standard InChI is InChI=1S/C45H49N9O5/c1-44(2)41(45(3,4)42(44)59-35-12-8-29(26-46)37-32(35)7-5-16-47-37)54-36(55)13-11-34(40(54)58)53-38(56)31-10-9-30(25-33(31)39(53)57)51-23-21-50(22-24-51)27-28-14-19-52(20-15-28)43-48-17-6-18-49-43/h5-10,12,16-18,25,28,34,41-42H,11,13-15,19-24,27H2,1-4H3. The largest absolute Gasteiger partial charge is 0.488 e. The van der Waals surface area contributed by atoms with E-state index in [0.29, 0.717) is 33.7 Å². The van der Waals surface area contributed by atoms with Gasteiger partial charge in [-0.2, -0.15) is 5.26 Å². The Kier molecular flexibility index (Phi) is 9.62. The van der Waals surface area contributed by atoms with Gasteiger partial charge in [-0.1, -0.05) is 27.7 Å². The van der Waals surface area contributed by atoms with Crippen LogP contribution in [-0.2, 0) is 9.59 Å². The topological polar surface area (TPSA) is 156 Å². The van der Waals surface area contributed by atoms with Crippen LogP contribution in [0.25, 0.3) is 10.9 Å². The number of aromatic nitrogens is 3. The normalized spacial score (nSPS) is 24.6. The van der Waals surface area contributed by atoms with Crippen LogP contribution in [0.15, 0.2) is 67.1 Å². The highest BCUT2D eigenvalue weighted by molar-refractivity contribution is 6.23. The Balaban J connectivity index is 0.855. The summed E-state index contributed by atoms with van der Waals surface area (Å²) in [5.74, 6) is 0.111. The molecule has 1 atom stereocenters. The van der Waals surface area contributed by atoms with E-state index in [9.17, 15) is 24.4 Å². The number of hydrogen-bond donors (Lipinski definition) is 0. The van der Waals surface area contributed by atoms with E-state index in [0.717, 1.165) is 75.2 Å². The molecule has 0 N–H and O–H groups in total. The minimum atomic E-state index is -1.10. The molecule has 59 heavy (non-hydrogen) atoms. The summed E-state index contributed by atoms with van der Waals surface area (Å²) in [7, 11) is 0.